The highest BCUT2D eigenvalue weighted by Crippen LogP contribution is 2.31. The maximum absolute atomic E-state index is 11.4. The van der Waals surface area contributed by atoms with E-state index in [1.807, 2.05) is 81.4 Å². The van der Waals surface area contributed by atoms with Gasteiger partial charge in [-0.25, -0.2) is 0 Å². The molecule has 0 aliphatic carbocycles. The fourth-order valence-electron chi connectivity index (χ4n) is 11.3. The molecule has 0 heterocycles. The maximum Gasteiger partial charge on any atom is 0.307 e. The molecule has 9 N–H and O–H groups in total. The Morgan fingerprint density at radius 3 is 0.795 bits per heavy atom. The molecule has 0 aliphatic heterocycles. The first kappa shape index (κ1) is 73.6. The van der Waals surface area contributed by atoms with Crippen molar-refractivity contribution in [3.63, 3.8) is 0 Å². The molecule has 0 saturated carbocycles. The number of hydrogen-bond acceptors (Lipinski definition) is 9. The van der Waals surface area contributed by atoms with Gasteiger partial charge in [-0.2, -0.15) is 0 Å². The van der Waals surface area contributed by atoms with Gasteiger partial charge in [-0.05, 0) is 175 Å². The number of fused-ring (bicyclic) bond motifs is 3. The van der Waals surface area contributed by atoms with Crippen LogP contribution in [0.4, 0.5) is 0 Å². The summed E-state index contributed by atoms with van der Waals surface area (Å²) in [4.78, 5) is 100. The van der Waals surface area contributed by atoms with E-state index in [2.05, 4.69) is 42.5 Å². The molecule has 88 heavy (non-hydrogen) atoms. The summed E-state index contributed by atoms with van der Waals surface area (Å²) in [7, 11) is 0. The van der Waals surface area contributed by atoms with Crippen molar-refractivity contribution < 1.29 is 89.1 Å². The quantitative estimate of drug-likeness (QED) is 0.0176. The lowest BCUT2D eigenvalue weighted by Crippen LogP contribution is -2.20. The molecular formula is C70H88O18. The minimum Gasteiger partial charge on any atom is -0.481 e. The fourth-order valence-corrected chi connectivity index (χ4v) is 11.3. The van der Waals surface area contributed by atoms with Gasteiger partial charge in [-0.3, -0.25) is 43.2 Å². The predicted molar refractivity (Wildman–Crippen MR) is 337 cm³/mol. The number of carbonyl (C=O) groups is 9. The monoisotopic (exact) mass is 1220 g/mol. The molecule has 6 atom stereocenters. The lowest BCUT2D eigenvalue weighted by Gasteiger charge is -2.16. The van der Waals surface area contributed by atoms with Gasteiger partial charge in [0.1, 0.15) is 0 Å². The zero-order valence-electron chi connectivity index (χ0n) is 49.9. The molecule has 6 rings (SSSR count). The summed E-state index contributed by atoms with van der Waals surface area (Å²) < 4.78 is 0. The first-order valence-electron chi connectivity index (χ1n) is 30.0. The minimum absolute atomic E-state index is 0. The van der Waals surface area contributed by atoms with Crippen molar-refractivity contribution in [3.05, 3.63) is 143 Å². The third-order valence-electron chi connectivity index (χ3n) is 16.2. The van der Waals surface area contributed by atoms with Crippen molar-refractivity contribution in [2.75, 3.05) is 0 Å². The van der Waals surface area contributed by atoms with Gasteiger partial charge in [0.2, 0.25) is 0 Å². The topological polar surface area (TPSA) is 336 Å². The highest BCUT2D eigenvalue weighted by atomic mass is 16.4. The number of hydrogen-bond donors (Lipinski definition) is 9. The zero-order chi connectivity index (χ0) is 64.2. The third kappa shape index (κ3) is 23.5. The predicted octanol–water partition coefficient (Wildman–Crippen LogP) is 13.8. The van der Waals surface area contributed by atoms with E-state index in [1.165, 1.54) is 11.1 Å². The van der Waals surface area contributed by atoms with Gasteiger partial charge in [0, 0.05) is 0 Å². The smallest absolute Gasteiger partial charge is 0.307 e. The Hall–Kier alpha value is -8.67. The van der Waals surface area contributed by atoms with E-state index >= 15 is 0 Å². The van der Waals surface area contributed by atoms with Crippen LogP contribution in [-0.4, -0.2) is 99.7 Å². The van der Waals surface area contributed by atoms with Crippen LogP contribution in [-0.2, 0) is 81.7 Å². The SMILES string of the molecule is C.CCC(CCCc1ccc(CCCC(CC(=O)O)C(=O)O)c2ccccc12)C(=O)O.CCC(Cc1ccc(CC(CC(=O)O)C(=O)O)c2ccccc12)C(=O)O.CCCC(CCCc1ccc(CCCC(CC(=O)O)C(=O)O)c2ccccc12)C(=O)O. The molecular weight excluding hydrogens is 1130 g/mol. The summed E-state index contributed by atoms with van der Waals surface area (Å²) in [6.07, 6.45) is 9.85. The van der Waals surface area contributed by atoms with E-state index in [0.29, 0.717) is 77.0 Å². The summed E-state index contributed by atoms with van der Waals surface area (Å²) in [6, 6.07) is 35.4. The lowest BCUT2D eigenvalue weighted by atomic mass is 9.88. The lowest BCUT2D eigenvalue weighted by molar-refractivity contribution is -0.148. The summed E-state index contributed by atoms with van der Waals surface area (Å²) >= 11 is 0. The Morgan fingerprint density at radius 1 is 0.295 bits per heavy atom. The summed E-state index contributed by atoms with van der Waals surface area (Å²) in [5.41, 5.74) is 6.25. The second kappa shape index (κ2) is 37.8. The van der Waals surface area contributed by atoms with E-state index in [9.17, 15) is 73.8 Å². The van der Waals surface area contributed by atoms with E-state index in [-0.39, 0.29) is 38.5 Å². The summed E-state index contributed by atoms with van der Waals surface area (Å²) in [5, 5.41) is 88.5. The Labute approximate surface area is 514 Å². The summed E-state index contributed by atoms with van der Waals surface area (Å²) in [6.45, 7) is 5.73. The molecule has 0 aliphatic rings. The average Bonchev–Trinajstić information content (AvgIpc) is 3.47. The van der Waals surface area contributed by atoms with Crippen molar-refractivity contribution in [1.82, 2.24) is 0 Å². The Morgan fingerprint density at radius 2 is 0.534 bits per heavy atom. The molecule has 0 radical (unpaired) electrons. The standard InChI is InChI=1S/C25H32O6.C24H30O6.C20H22O6.CH4/c1-2-7-19(24(28)29)10-5-8-17-14-15-18(22-13-4-3-12-21(17)22)9-6-11-20(25(30)31)16-23(26)27;1-2-16(23(27)28)7-5-8-17-13-14-18(21-12-4-3-11-20(17)21)9-6-10-19(24(29)30)15-22(25)26;1-2-12(19(23)24)9-13-7-8-14(17-6-4-3-5-16(13)17)10-15(20(25)26)11-18(21)22;/h3-4,12-15,19-20H,2,5-11,16H2,1H3,(H,26,27)(H,28,29)(H,30,31);3-4,11-14,16,19H,2,5-10,15H2,1H3,(H,25,26)(H,27,28)(H,29,30);3-8,12,15H,2,9-11H2,1H3,(H,21,22)(H,23,24)(H,25,26);1H4. The molecule has 0 bridgehead atoms. The van der Waals surface area contributed by atoms with Gasteiger partial charge >= 0.3 is 53.7 Å². The van der Waals surface area contributed by atoms with Crippen LogP contribution in [0, 0.1) is 35.5 Å². The number of aryl methyl sites for hydroxylation is 4. The number of carboxylic acids is 9. The van der Waals surface area contributed by atoms with Gasteiger partial charge in [0.05, 0.1) is 54.8 Å². The average molecular weight is 1220 g/mol. The molecule has 6 unspecified atom stereocenters. The molecule has 6 aromatic carbocycles. The van der Waals surface area contributed by atoms with Crippen LogP contribution in [0.15, 0.2) is 109 Å². The molecule has 18 nitrogen and oxygen atoms in total. The Bertz CT molecular complexity index is 3310. The number of carboxylic acid groups (broad SMARTS) is 9. The van der Waals surface area contributed by atoms with Crippen molar-refractivity contribution in [2.24, 2.45) is 35.5 Å². The first-order valence-corrected chi connectivity index (χ1v) is 30.0. The van der Waals surface area contributed by atoms with Gasteiger partial charge in [-0.1, -0.05) is 144 Å². The van der Waals surface area contributed by atoms with Crippen molar-refractivity contribution >= 4 is 86.0 Å². The van der Waals surface area contributed by atoms with Crippen LogP contribution in [0.3, 0.4) is 0 Å². The number of rotatable bonds is 36. The van der Waals surface area contributed by atoms with Crippen LogP contribution in [0.25, 0.3) is 32.3 Å². The van der Waals surface area contributed by atoms with Crippen LogP contribution < -0.4 is 0 Å². The minimum atomic E-state index is -1.15. The van der Waals surface area contributed by atoms with Crippen LogP contribution in [0.1, 0.15) is 158 Å². The first-order chi connectivity index (χ1) is 41.5. The van der Waals surface area contributed by atoms with Gasteiger partial charge in [-0.15, -0.1) is 0 Å². The molecule has 18 heteroatoms. The van der Waals surface area contributed by atoms with E-state index in [1.54, 1.807) is 6.07 Å². The van der Waals surface area contributed by atoms with E-state index in [4.69, 9.17) is 15.3 Å². The third-order valence-corrected chi connectivity index (χ3v) is 16.2. The van der Waals surface area contributed by atoms with Gasteiger partial charge in [0.15, 0.2) is 0 Å². The highest BCUT2D eigenvalue weighted by molar-refractivity contribution is 5.91. The van der Waals surface area contributed by atoms with Crippen LogP contribution in [0.5, 0.6) is 0 Å². The van der Waals surface area contributed by atoms with Crippen molar-refractivity contribution in [3.8, 4) is 0 Å². The second-order valence-electron chi connectivity index (χ2n) is 22.4. The molecule has 476 valence electrons. The Kier molecular flexibility index (Phi) is 31.6. The Balaban J connectivity index is 0.000000345. The number of benzene rings is 6. The van der Waals surface area contributed by atoms with Crippen molar-refractivity contribution in [1.29, 1.82) is 0 Å². The van der Waals surface area contributed by atoms with Gasteiger partial charge in [0.25, 0.3) is 0 Å². The molecule has 0 amide bonds. The molecule has 0 spiro atoms. The summed E-state index contributed by atoms with van der Waals surface area (Å²) in [5.74, 6) is -12.7. The molecule has 0 aromatic heterocycles. The molecule has 6 aromatic rings. The van der Waals surface area contributed by atoms with Gasteiger partial charge < -0.3 is 46.0 Å². The zero-order valence-corrected chi connectivity index (χ0v) is 49.9. The van der Waals surface area contributed by atoms with E-state index < -0.39 is 83.8 Å². The largest absolute Gasteiger partial charge is 0.481 e. The van der Waals surface area contributed by atoms with E-state index in [0.717, 1.165) is 86.7 Å². The highest BCUT2D eigenvalue weighted by Gasteiger charge is 2.26. The number of aliphatic carboxylic acids is 9. The normalized spacial score (nSPS) is 13.0. The maximum atomic E-state index is 11.4. The van der Waals surface area contributed by atoms with Crippen LogP contribution in [0.2, 0.25) is 0 Å². The molecule has 0 saturated heterocycles. The van der Waals surface area contributed by atoms with Crippen molar-refractivity contribution in [2.45, 2.75) is 163 Å². The van der Waals surface area contributed by atoms with Crippen LogP contribution >= 0.6 is 0 Å². The molecule has 0 fully saturated rings. The second-order valence-corrected chi connectivity index (χ2v) is 22.4. The fraction of sp³-hybridized carbons (Fsp3) is 0.443.